The summed E-state index contributed by atoms with van der Waals surface area (Å²) in [5, 5.41) is 12.4. The van der Waals surface area contributed by atoms with Crippen molar-refractivity contribution in [1.29, 1.82) is 0 Å². The highest BCUT2D eigenvalue weighted by atomic mass is 16.6. The van der Waals surface area contributed by atoms with Crippen LogP contribution in [0, 0.1) is 0 Å². The normalized spacial score (nSPS) is 12.4. The lowest BCUT2D eigenvalue weighted by Gasteiger charge is -2.22. The first kappa shape index (κ1) is 26.5. The van der Waals surface area contributed by atoms with E-state index in [-0.39, 0.29) is 0 Å². The molecule has 0 aliphatic carbocycles. The van der Waals surface area contributed by atoms with E-state index in [0.29, 0.717) is 0 Å². The van der Waals surface area contributed by atoms with Crippen molar-refractivity contribution in [3.8, 4) is 39.8 Å². The second-order valence-corrected chi connectivity index (χ2v) is 12.9. The quantitative estimate of drug-likeness (QED) is 0.178. The predicted octanol–water partition coefficient (Wildman–Crippen LogP) is 13.0. The van der Waals surface area contributed by atoms with Crippen molar-refractivity contribution in [2.75, 3.05) is 0 Å². The van der Waals surface area contributed by atoms with Gasteiger partial charge in [-0.2, -0.15) is 0 Å². The van der Waals surface area contributed by atoms with Crippen molar-refractivity contribution < 1.29 is 9.47 Å². The number of hydrogen-bond acceptors (Lipinski definition) is 2. The van der Waals surface area contributed by atoms with Crippen LogP contribution in [0.15, 0.2) is 164 Å². The van der Waals surface area contributed by atoms with Gasteiger partial charge >= 0.3 is 0 Å². The first-order valence-electron chi connectivity index (χ1n) is 16.7. The van der Waals surface area contributed by atoms with Gasteiger partial charge in [0, 0.05) is 16.5 Å². The molecule has 0 amide bonds. The first-order valence-corrected chi connectivity index (χ1v) is 16.7. The van der Waals surface area contributed by atoms with Crippen molar-refractivity contribution >= 4 is 64.9 Å². The van der Waals surface area contributed by atoms with Crippen LogP contribution in [0.2, 0.25) is 0 Å². The zero-order valence-corrected chi connectivity index (χ0v) is 26.4. The highest BCUT2D eigenvalue weighted by Crippen LogP contribution is 2.48. The molecule has 0 saturated heterocycles. The molecule has 0 spiro atoms. The molecular formula is C46H27NO2. The topological polar surface area (TPSA) is 23.4 Å². The second-order valence-electron chi connectivity index (χ2n) is 12.9. The van der Waals surface area contributed by atoms with E-state index in [1.807, 2.05) is 24.3 Å². The van der Waals surface area contributed by atoms with E-state index in [1.54, 1.807) is 0 Å². The Morgan fingerprint density at radius 3 is 1.53 bits per heavy atom. The Kier molecular flexibility index (Phi) is 5.38. The van der Waals surface area contributed by atoms with Gasteiger partial charge in [-0.15, -0.1) is 0 Å². The standard InChI is InChI=1S/C46H27NO2/c1-2-10-29-25-46-45(24-28(29)9-1)48-43-22-18-31(26-44(43)49-46)30-17-21-42-40(23-30)38-15-7-8-16-41(38)47(42)32-19-20-37-35-13-4-3-11-33(35)34-12-5-6-14-36(34)39(37)27-32/h1-27H. The van der Waals surface area contributed by atoms with Crippen LogP contribution in [0.3, 0.4) is 0 Å². The van der Waals surface area contributed by atoms with Gasteiger partial charge in [-0.25, -0.2) is 0 Å². The number of aromatic nitrogens is 1. The zero-order valence-electron chi connectivity index (χ0n) is 26.4. The molecule has 0 fully saturated rings. The molecule has 9 aromatic carbocycles. The molecule has 0 saturated carbocycles. The van der Waals surface area contributed by atoms with E-state index in [9.17, 15) is 0 Å². The Balaban J connectivity index is 1.06. The predicted molar refractivity (Wildman–Crippen MR) is 203 cm³/mol. The third kappa shape index (κ3) is 3.90. The molecular weight excluding hydrogens is 599 g/mol. The third-order valence-corrected chi connectivity index (χ3v) is 10.2. The second kappa shape index (κ2) is 9.96. The molecule has 228 valence electrons. The number of ether oxygens (including phenoxy) is 2. The van der Waals surface area contributed by atoms with Crippen molar-refractivity contribution in [2.24, 2.45) is 0 Å². The van der Waals surface area contributed by atoms with Crippen LogP contribution >= 0.6 is 0 Å². The van der Waals surface area contributed by atoms with E-state index >= 15 is 0 Å². The van der Waals surface area contributed by atoms with Crippen LogP contribution < -0.4 is 9.47 Å². The smallest absolute Gasteiger partial charge is 0.170 e. The largest absolute Gasteiger partial charge is 0.449 e. The molecule has 11 rings (SSSR count). The average molecular weight is 626 g/mol. The molecule has 0 atom stereocenters. The molecule has 2 heterocycles. The van der Waals surface area contributed by atoms with E-state index in [1.165, 1.54) is 54.1 Å². The van der Waals surface area contributed by atoms with Crippen molar-refractivity contribution in [2.45, 2.75) is 0 Å². The summed E-state index contributed by atoms with van der Waals surface area (Å²) in [7, 11) is 0. The molecule has 1 aliphatic heterocycles. The van der Waals surface area contributed by atoms with Gasteiger partial charge in [0.1, 0.15) is 0 Å². The van der Waals surface area contributed by atoms with Gasteiger partial charge in [0.2, 0.25) is 0 Å². The van der Waals surface area contributed by atoms with Crippen LogP contribution in [0.1, 0.15) is 0 Å². The third-order valence-electron chi connectivity index (χ3n) is 10.2. The molecule has 1 aliphatic rings. The van der Waals surface area contributed by atoms with E-state index in [2.05, 4.69) is 144 Å². The number of para-hydroxylation sites is 1. The molecule has 0 unspecified atom stereocenters. The van der Waals surface area contributed by atoms with Gasteiger partial charge in [0.25, 0.3) is 0 Å². The minimum absolute atomic E-state index is 0.721. The zero-order chi connectivity index (χ0) is 32.1. The molecule has 3 nitrogen and oxygen atoms in total. The SMILES string of the molecule is c1ccc2cc3c(cc2c1)Oc1ccc(-c2ccc4c(c2)c2ccccc2n4-c2ccc4c5ccccc5c5ccccc5c4c2)cc1O3. The number of benzene rings is 9. The van der Waals surface area contributed by atoms with Gasteiger partial charge in [0.05, 0.1) is 11.0 Å². The number of rotatable bonds is 2. The summed E-state index contributed by atoms with van der Waals surface area (Å²) < 4.78 is 15.1. The first-order chi connectivity index (χ1) is 24.3. The molecule has 3 heteroatoms. The molecule has 10 aromatic rings. The Morgan fingerprint density at radius 2 is 0.816 bits per heavy atom. The van der Waals surface area contributed by atoms with Crippen molar-refractivity contribution in [1.82, 2.24) is 4.57 Å². The Bertz CT molecular complexity index is 2970. The summed E-state index contributed by atoms with van der Waals surface area (Å²) in [6.07, 6.45) is 0. The maximum atomic E-state index is 6.43. The Morgan fingerprint density at radius 1 is 0.306 bits per heavy atom. The van der Waals surface area contributed by atoms with Crippen LogP contribution in [0.25, 0.3) is 81.7 Å². The van der Waals surface area contributed by atoms with Gasteiger partial charge in [-0.05, 0) is 109 Å². The van der Waals surface area contributed by atoms with Crippen molar-refractivity contribution in [3.05, 3.63) is 164 Å². The van der Waals surface area contributed by atoms with Crippen LogP contribution in [-0.2, 0) is 0 Å². The van der Waals surface area contributed by atoms with E-state index in [0.717, 1.165) is 50.6 Å². The van der Waals surface area contributed by atoms with Gasteiger partial charge < -0.3 is 14.0 Å². The summed E-state index contributed by atoms with van der Waals surface area (Å²) in [5.74, 6) is 2.92. The highest BCUT2D eigenvalue weighted by molar-refractivity contribution is 6.25. The lowest BCUT2D eigenvalue weighted by molar-refractivity contribution is 0.360. The molecule has 49 heavy (non-hydrogen) atoms. The van der Waals surface area contributed by atoms with E-state index < -0.39 is 0 Å². The van der Waals surface area contributed by atoms with Crippen molar-refractivity contribution in [3.63, 3.8) is 0 Å². The van der Waals surface area contributed by atoms with Crippen LogP contribution in [0.5, 0.6) is 23.0 Å². The summed E-state index contributed by atoms with van der Waals surface area (Å²) >= 11 is 0. The summed E-state index contributed by atoms with van der Waals surface area (Å²) in [5.41, 5.74) is 5.71. The highest BCUT2D eigenvalue weighted by Gasteiger charge is 2.21. The average Bonchev–Trinajstić information content (AvgIpc) is 3.49. The monoisotopic (exact) mass is 625 g/mol. The van der Waals surface area contributed by atoms with Gasteiger partial charge in [-0.1, -0.05) is 109 Å². The number of hydrogen-bond donors (Lipinski definition) is 0. The number of nitrogens with zero attached hydrogens (tertiary/aromatic N) is 1. The van der Waals surface area contributed by atoms with Crippen LogP contribution in [0.4, 0.5) is 0 Å². The maximum Gasteiger partial charge on any atom is 0.170 e. The fourth-order valence-electron chi connectivity index (χ4n) is 7.91. The molecule has 0 N–H and O–H groups in total. The van der Waals surface area contributed by atoms with E-state index in [4.69, 9.17) is 9.47 Å². The lowest BCUT2D eigenvalue weighted by atomic mass is 9.94. The van der Waals surface area contributed by atoms with Crippen LogP contribution in [-0.4, -0.2) is 4.57 Å². The fraction of sp³-hybridized carbons (Fsp3) is 0. The maximum absolute atomic E-state index is 6.43. The number of fused-ring (bicyclic) bond motifs is 12. The molecule has 0 radical (unpaired) electrons. The summed E-state index contributed by atoms with van der Waals surface area (Å²) in [4.78, 5) is 0. The van der Waals surface area contributed by atoms with Gasteiger partial charge in [-0.3, -0.25) is 0 Å². The summed E-state index contributed by atoms with van der Waals surface area (Å²) in [6.45, 7) is 0. The summed E-state index contributed by atoms with van der Waals surface area (Å²) in [6, 6.07) is 58.5. The lowest BCUT2D eigenvalue weighted by Crippen LogP contribution is -1.99. The molecule has 0 bridgehead atoms. The Labute approximate surface area is 281 Å². The fourth-order valence-corrected chi connectivity index (χ4v) is 7.91. The van der Waals surface area contributed by atoms with Gasteiger partial charge in [0.15, 0.2) is 23.0 Å². The minimum Gasteiger partial charge on any atom is -0.449 e. The Hall–Kier alpha value is -6.58. The minimum atomic E-state index is 0.721. The molecule has 1 aromatic heterocycles.